The van der Waals surface area contributed by atoms with Gasteiger partial charge in [-0.15, -0.1) is 0 Å². The van der Waals surface area contributed by atoms with Crippen LogP contribution in [-0.4, -0.2) is 9.55 Å². The molecule has 2 rings (SSSR count). The molecule has 1 aromatic heterocycles. The molecule has 0 aliphatic rings. The zero-order valence-corrected chi connectivity index (χ0v) is 12.8. The molecule has 3 nitrogen and oxygen atoms in total. The van der Waals surface area contributed by atoms with Gasteiger partial charge in [-0.05, 0) is 19.3 Å². The first-order valence-electron chi connectivity index (χ1n) is 7.64. The van der Waals surface area contributed by atoms with Gasteiger partial charge in [-0.1, -0.05) is 51.1 Å². The van der Waals surface area contributed by atoms with E-state index in [1.807, 2.05) is 18.2 Å². The maximum absolute atomic E-state index is 6.38. The predicted octanol–water partition coefficient (Wildman–Crippen LogP) is 4.45. The molecule has 0 aliphatic carbocycles. The molecule has 108 valence electrons. The Morgan fingerprint density at radius 1 is 1.10 bits per heavy atom. The molecule has 0 unspecified atom stereocenters. The lowest BCUT2D eigenvalue weighted by molar-refractivity contribution is 0.626. The van der Waals surface area contributed by atoms with Crippen molar-refractivity contribution < 1.29 is 0 Å². The molecule has 2 aromatic rings. The van der Waals surface area contributed by atoms with Crippen molar-refractivity contribution >= 4 is 5.82 Å². The Morgan fingerprint density at radius 2 is 1.75 bits per heavy atom. The van der Waals surface area contributed by atoms with Gasteiger partial charge in [0.1, 0.15) is 11.6 Å². The number of hydrogen-bond donors (Lipinski definition) is 1. The van der Waals surface area contributed by atoms with Crippen LogP contribution in [0.5, 0.6) is 0 Å². The van der Waals surface area contributed by atoms with Gasteiger partial charge in [-0.3, -0.25) is 0 Å². The fourth-order valence-corrected chi connectivity index (χ4v) is 2.72. The first-order chi connectivity index (χ1) is 9.72. The topological polar surface area (TPSA) is 43.8 Å². The first-order valence-corrected chi connectivity index (χ1v) is 7.64. The fourth-order valence-electron chi connectivity index (χ4n) is 2.72. The minimum atomic E-state index is 0.454. The number of anilines is 1. The Balaban J connectivity index is 2.53. The molecule has 20 heavy (non-hydrogen) atoms. The van der Waals surface area contributed by atoms with Crippen LogP contribution in [0, 0.1) is 0 Å². The van der Waals surface area contributed by atoms with Crippen LogP contribution in [-0.2, 0) is 6.54 Å². The Kier molecular flexibility index (Phi) is 4.83. The van der Waals surface area contributed by atoms with Crippen molar-refractivity contribution in [1.82, 2.24) is 9.55 Å². The van der Waals surface area contributed by atoms with Gasteiger partial charge in [-0.25, -0.2) is 4.98 Å². The maximum atomic E-state index is 6.38. The van der Waals surface area contributed by atoms with Crippen LogP contribution in [0.25, 0.3) is 11.4 Å². The van der Waals surface area contributed by atoms with E-state index in [0.29, 0.717) is 5.92 Å². The molecule has 0 atom stereocenters. The molecule has 0 fully saturated rings. The zero-order chi connectivity index (χ0) is 14.5. The highest BCUT2D eigenvalue weighted by Crippen LogP contribution is 2.32. The summed E-state index contributed by atoms with van der Waals surface area (Å²) in [6.07, 6.45) is 3.22. The van der Waals surface area contributed by atoms with Crippen molar-refractivity contribution in [1.29, 1.82) is 0 Å². The van der Waals surface area contributed by atoms with Gasteiger partial charge in [0.05, 0.1) is 5.69 Å². The minimum Gasteiger partial charge on any atom is -0.384 e. The van der Waals surface area contributed by atoms with Gasteiger partial charge < -0.3 is 10.3 Å². The summed E-state index contributed by atoms with van der Waals surface area (Å²) in [5.41, 5.74) is 8.60. The number of nitrogens with zero attached hydrogens (tertiary/aromatic N) is 2. The van der Waals surface area contributed by atoms with Crippen molar-refractivity contribution in [2.45, 2.75) is 52.5 Å². The maximum Gasteiger partial charge on any atom is 0.141 e. The fraction of sp³-hybridized carbons (Fsp3) is 0.471. The van der Waals surface area contributed by atoms with Crippen LogP contribution in [0.2, 0.25) is 0 Å². The average molecular weight is 271 g/mol. The summed E-state index contributed by atoms with van der Waals surface area (Å²) in [4.78, 5) is 4.88. The molecule has 0 amide bonds. The Labute approximate surface area is 121 Å². The minimum absolute atomic E-state index is 0.454. The summed E-state index contributed by atoms with van der Waals surface area (Å²) in [6, 6.07) is 10.3. The second kappa shape index (κ2) is 6.60. The number of nitrogens with two attached hydrogens (primary N) is 1. The van der Waals surface area contributed by atoms with Gasteiger partial charge >= 0.3 is 0 Å². The average Bonchev–Trinajstić information content (AvgIpc) is 2.80. The van der Waals surface area contributed by atoms with Gasteiger partial charge in [0.2, 0.25) is 0 Å². The highest BCUT2D eigenvalue weighted by atomic mass is 15.1. The molecule has 0 spiro atoms. The largest absolute Gasteiger partial charge is 0.384 e. The van der Waals surface area contributed by atoms with Crippen LogP contribution in [0.4, 0.5) is 5.82 Å². The van der Waals surface area contributed by atoms with Gasteiger partial charge in [0.25, 0.3) is 0 Å². The van der Waals surface area contributed by atoms with Gasteiger partial charge in [-0.2, -0.15) is 0 Å². The summed E-state index contributed by atoms with van der Waals surface area (Å²) in [7, 11) is 0. The lowest BCUT2D eigenvalue weighted by Gasteiger charge is -2.11. The van der Waals surface area contributed by atoms with Crippen LogP contribution >= 0.6 is 0 Å². The zero-order valence-electron chi connectivity index (χ0n) is 12.8. The van der Waals surface area contributed by atoms with Crippen LogP contribution in [0.1, 0.15) is 51.6 Å². The highest BCUT2D eigenvalue weighted by molar-refractivity contribution is 5.61. The third-order valence-electron chi connectivity index (χ3n) is 3.89. The first kappa shape index (κ1) is 14.6. The number of aromatic nitrogens is 2. The molecule has 0 saturated heterocycles. The van der Waals surface area contributed by atoms with Crippen molar-refractivity contribution in [3.63, 3.8) is 0 Å². The summed E-state index contributed by atoms with van der Waals surface area (Å²) < 4.78 is 2.17. The Morgan fingerprint density at radius 3 is 2.30 bits per heavy atom. The molecule has 2 N–H and O–H groups in total. The summed E-state index contributed by atoms with van der Waals surface area (Å²) in [5.74, 6) is 2.31. The van der Waals surface area contributed by atoms with E-state index in [1.165, 1.54) is 0 Å². The molecule has 3 heteroatoms. The molecule has 0 radical (unpaired) electrons. The number of hydrogen-bond acceptors (Lipinski definition) is 2. The highest BCUT2D eigenvalue weighted by Gasteiger charge is 2.20. The SMILES string of the molecule is CCCn1c(-c2ccccc2)nc(C(CC)CC)c1N. The van der Waals surface area contributed by atoms with E-state index in [1.54, 1.807) is 0 Å². The predicted molar refractivity (Wildman–Crippen MR) is 85.7 cm³/mol. The standard InChI is InChI=1S/C17H25N3/c1-4-12-20-16(18)15(13(5-2)6-3)19-17(20)14-10-8-7-9-11-14/h7-11,13H,4-6,12,18H2,1-3H3. The van der Waals surface area contributed by atoms with E-state index in [-0.39, 0.29) is 0 Å². The second-order valence-corrected chi connectivity index (χ2v) is 5.24. The lowest BCUT2D eigenvalue weighted by Crippen LogP contribution is -2.06. The number of imidazole rings is 1. The summed E-state index contributed by atoms with van der Waals surface area (Å²) in [5, 5.41) is 0. The van der Waals surface area contributed by atoms with Crippen molar-refractivity contribution in [2.24, 2.45) is 0 Å². The normalized spacial score (nSPS) is 11.2. The molecular formula is C17H25N3. The second-order valence-electron chi connectivity index (χ2n) is 5.24. The van der Waals surface area contributed by atoms with E-state index >= 15 is 0 Å². The van der Waals surface area contributed by atoms with Gasteiger partial charge in [0.15, 0.2) is 0 Å². The van der Waals surface area contributed by atoms with E-state index in [2.05, 4.69) is 37.5 Å². The quantitative estimate of drug-likeness (QED) is 0.843. The van der Waals surface area contributed by atoms with E-state index < -0.39 is 0 Å². The monoisotopic (exact) mass is 271 g/mol. The van der Waals surface area contributed by atoms with Crippen LogP contribution in [0.3, 0.4) is 0 Å². The van der Waals surface area contributed by atoms with Crippen LogP contribution in [0.15, 0.2) is 30.3 Å². The molecular weight excluding hydrogens is 246 g/mol. The molecule has 0 bridgehead atoms. The van der Waals surface area contributed by atoms with Gasteiger partial charge in [0, 0.05) is 18.0 Å². The van der Waals surface area contributed by atoms with E-state index in [9.17, 15) is 0 Å². The molecule has 0 saturated carbocycles. The number of rotatable bonds is 6. The molecule has 0 aliphatic heterocycles. The van der Waals surface area contributed by atoms with Crippen molar-refractivity contribution in [2.75, 3.05) is 5.73 Å². The summed E-state index contributed by atoms with van der Waals surface area (Å²) >= 11 is 0. The smallest absolute Gasteiger partial charge is 0.141 e. The molecule has 1 aromatic carbocycles. The third-order valence-corrected chi connectivity index (χ3v) is 3.89. The van der Waals surface area contributed by atoms with E-state index in [0.717, 1.165) is 48.7 Å². The Hall–Kier alpha value is -1.77. The lowest BCUT2D eigenvalue weighted by atomic mass is 9.99. The van der Waals surface area contributed by atoms with Crippen LogP contribution < -0.4 is 5.73 Å². The van der Waals surface area contributed by atoms with Crippen molar-refractivity contribution in [3.8, 4) is 11.4 Å². The summed E-state index contributed by atoms with van der Waals surface area (Å²) in [6.45, 7) is 7.50. The Bertz CT molecular complexity index is 539. The third kappa shape index (κ3) is 2.72. The number of benzene rings is 1. The van der Waals surface area contributed by atoms with E-state index in [4.69, 9.17) is 10.7 Å². The van der Waals surface area contributed by atoms with Crippen molar-refractivity contribution in [3.05, 3.63) is 36.0 Å². The molecule has 1 heterocycles. The number of nitrogen functional groups attached to an aromatic ring is 1.